The van der Waals surface area contributed by atoms with E-state index in [9.17, 15) is 0 Å². The molecule has 0 aromatic carbocycles. The molecule has 0 spiro atoms. The molecule has 0 saturated carbocycles. The molecule has 0 aromatic rings. The van der Waals surface area contributed by atoms with Crippen molar-refractivity contribution in [2.45, 2.75) is 0 Å². The lowest BCUT2D eigenvalue weighted by molar-refractivity contribution is 0.352. The predicted molar refractivity (Wildman–Crippen MR) is 40.9 cm³/mol. The Morgan fingerprint density at radius 2 is 2.38 bits per heavy atom. The Kier molecular flexibility index (Phi) is 3.64. The molecule has 0 unspecified atom stereocenters. The van der Waals surface area contributed by atoms with Crippen LogP contribution in [0.4, 0.5) is 0 Å². The first-order valence-corrected chi connectivity index (χ1v) is 2.77. The van der Waals surface area contributed by atoms with Gasteiger partial charge in [-0.3, -0.25) is 0 Å². The Bertz CT molecular complexity index is 98.6. The van der Waals surface area contributed by atoms with Crippen molar-refractivity contribution in [3.05, 3.63) is 11.5 Å². The number of hydrogen-bond donors (Lipinski definition) is 2. The fourth-order valence-corrected chi connectivity index (χ4v) is 0.278. The highest BCUT2D eigenvalue weighted by atomic mass is 32.1. The zero-order valence-corrected chi connectivity index (χ0v) is 5.97. The van der Waals surface area contributed by atoms with E-state index in [1.165, 1.54) is 0 Å². The average molecular weight is 149 g/mol. The highest BCUT2D eigenvalue weighted by Gasteiger charge is 1.87. The van der Waals surface area contributed by atoms with Crippen LogP contribution >= 0.6 is 24.8 Å². The van der Waals surface area contributed by atoms with Crippen LogP contribution in [0.5, 0.6) is 0 Å². The molecule has 0 fully saturated rings. The molecule has 0 atom stereocenters. The molecule has 8 heavy (non-hydrogen) atoms. The zero-order valence-electron chi connectivity index (χ0n) is 4.26. The van der Waals surface area contributed by atoms with Gasteiger partial charge in [-0.05, 0) is 12.2 Å². The highest BCUT2D eigenvalue weighted by Crippen LogP contribution is 1.94. The van der Waals surface area contributed by atoms with Crippen molar-refractivity contribution in [3.63, 3.8) is 0 Å². The van der Waals surface area contributed by atoms with Gasteiger partial charge in [0.25, 0.3) is 5.17 Å². The minimum Gasteiger partial charge on any atom is -0.466 e. The molecule has 0 aliphatic rings. The second kappa shape index (κ2) is 3.74. The standard InChI is InChI=1S/C4H7NOS2/c1-3(7)2-6-4(5)8/h7H,1-2H2,(H2,5,8). The Hall–Kier alpha value is -0.220. The van der Waals surface area contributed by atoms with Crippen molar-refractivity contribution in [2.24, 2.45) is 5.73 Å². The van der Waals surface area contributed by atoms with Crippen molar-refractivity contribution in [1.82, 2.24) is 0 Å². The van der Waals surface area contributed by atoms with Crippen molar-refractivity contribution < 1.29 is 4.74 Å². The molecule has 0 radical (unpaired) electrons. The van der Waals surface area contributed by atoms with Gasteiger partial charge >= 0.3 is 0 Å². The average Bonchev–Trinajstić information content (AvgIpc) is 1.61. The lowest BCUT2D eigenvalue weighted by atomic mass is 10.7. The molecule has 0 rings (SSSR count). The van der Waals surface area contributed by atoms with Crippen LogP contribution in [0.2, 0.25) is 0 Å². The van der Waals surface area contributed by atoms with E-state index >= 15 is 0 Å². The Balaban J connectivity index is 3.18. The summed E-state index contributed by atoms with van der Waals surface area (Å²) in [6.07, 6.45) is 0. The number of thiocarbonyl (C=S) groups is 1. The molecule has 0 saturated heterocycles. The van der Waals surface area contributed by atoms with Gasteiger partial charge < -0.3 is 10.5 Å². The van der Waals surface area contributed by atoms with E-state index in [0.29, 0.717) is 11.5 Å². The first-order valence-electron chi connectivity index (χ1n) is 1.92. The predicted octanol–water partition coefficient (Wildman–Crippen LogP) is 0.690. The molecule has 0 aliphatic heterocycles. The number of ether oxygens (including phenoxy) is 1. The lowest BCUT2D eigenvalue weighted by Crippen LogP contribution is -2.13. The first-order chi connectivity index (χ1) is 3.63. The van der Waals surface area contributed by atoms with E-state index in [2.05, 4.69) is 36.2 Å². The maximum absolute atomic E-state index is 4.97. The Morgan fingerprint density at radius 1 is 1.88 bits per heavy atom. The monoisotopic (exact) mass is 149 g/mol. The van der Waals surface area contributed by atoms with Gasteiger partial charge in [0.05, 0.1) is 0 Å². The van der Waals surface area contributed by atoms with Crippen LogP contribution in [0.1, 0.15) is 0 Å². The van der Waals surface area contributed by atoms with E-state index in [4.69, 9.17) is 5.73 Å². The van der Waals surface area contributed by atoms with Crippen molar-refractivity contribution in [1.29, 1.82) is 0 Å². The molecule has 0 amide bonds. The maximum atomic E-state index is 4.97. The van der Waals surface area contributed by atoms with Crippen LogP contribution in [0.25, 0.3) is 0 Å². The summed E-state index contributed by atoms with van der Waals surface area (Å²) in [5, 5.41) is 0.0280. The lowest BCUT2D eigenvalue weighted by Gasteiger charge is -1.98. The van der Waals surface area contributed by atoms with Crippen LogP contribution in [-0.4, -0.2) is 11.8 Å². The molecular weight excluding hydrogens is 142 g/mol. The van der Waals surface area contributed by atoms with Crippen LogP contribution in [0, 0.1) is 0 Å². The van der Waals surface area contributed by atoms with E-state index in [1.807, 2.05) is 0 Å². The molecule has 0 bridgehead atoms. The summed E-state index contributed by atoms with van der Waals surface area (Å²) in [6, 6.07) is 0. The fraction of sp³-hybridized carbons (Fsp3) is 0.250. The van der Waals surface area contributed by atoms with Gasteiger partial charge in [-0.25, -0.2) is 0 Å². The summed E-state index contributed by atoms with van der Waals surface area (Å²) in [7, 11) is 0. The third-order valence-electron chi connectivity index (χ3n) is 0.381. The molecule has 2 N–H and O–H groups in total. The summed E-state index contributed by atoms with van der Waals surface area (Å²) in [5.41, 5.74) is 4.97. The van der Waals surface area contributed by atoms with Gasteiger partial charge in [0.2, 0.25) is 0 Å². The van der Waals surface area contributed by atoms with Gasteiger partial charge in [0.15, 0.2) is 0 Å². The molecule has 4 heteroatoms. The topological polar surface area (TPSA) is 35.2 Å². The second-order valence-electron chi connectivity index (χ2n) is 1.17. The molecule has 46 valence electrons. The van der Waals surface area contributed by atoms with Gasteiger partial charge in [-0.15, -0.1) is 12.6 Å². The summed E-state index contributed by atoms with van der Waals surface area (Å²) in [6.45, 7) is 3.74. The third-order valence-corrected chi connectivity index (χ3v) is 0.628. The van der Waals surface area contributed by atoms with Gasteiger partial charge in [0, 0.05) is 4.91 Å². The Labute approximate surface area is 59.1 Å². The van der Waals surface area contributed by atoms with Crippen LogP contribution in [-0.2, 0) is 4.74 Å². The van der Waals surface area contributed by atoms with E-state index in [0.717, 1.165) is 0 Å². The van der Waals surface area contributed by atoms with Crippen LogP contribution < -0.4 is 5.73 Å². The van der Waals surface area contributed by atoms with Crippen molar-refractivity contribution in [3.8, 4) is 0 Å². The quantitative estimate of drug-likeness (QED) is 0.448. The normalized spacial score (nSPS) is 8.12. The Morgan fingerprint density at radius 3 is 2.50 bits per heavy atom. The highest BCUT2D eigenvalue weighted by molar-refractivity contribution is 7.84. The number of thiol groups is 1. The van der Waals surface area contributed by atoms with Gasteiger partial charge in [-0.2, -0.15) is 0 Å². The molecule has 2 nitrogen and oxygen atoms in total. The minimum atomic E-state index is 0.0280. The molecule has 0 heterocycles. The molecular formula is C4H7NOS2. The number of hydrogen-bond acceptors (Lipinski definition) is 3. The third kappa shape index (κ3) is 5.78. The summed E-state index contributed by atoms with van der Waals surface area (Å²) < 4.78 is 4.64. The number of rotatable bonds is 2. The molecule has 0 aromatic heterocycles. The summed E-state index contributed by atoms with van der Waals surface area (Å²) >= 11 is 8.23. The SMILES string of the molecule is C=C(S)COC(N)=S. The smallest absolute Gasteiger partial charge is 0.254 e. The van der Waals surface area contributed by atoms with Crippen LogP contribution in [0.15, 0.2) is 11.5 Å². The zero-order chi connectivity index (χ0) is 6.57. The first kappa shape index (κ1) is 7.78. The fourth-order valence-electron chi connectivity index (χ4n) is 0.154. The summed E-state index contributed by atoms with van der Waals surface area (Å²) in [4.78, 5) is 0.609. The van der Waals surface area contributed by atoms with E-state index in [-0.39, 0.29) is 5.17 Å². The molecule has 0 aliphatic carbocycles. The van der Waals surface area contributed by atoms with Gasteiger partial charge in [0.1, 0.15) is 6.61 Å². The largest absolute Gasteiger partial charge is 0.466 e. The minimum absolute atomic E-state index is 0.0280. The summed E-state index contributed by atoms with van der Waals surface area (Å²) in [5.74, 6) is 0. The van der Waals surface area contributed by atoms with E-state index in [1.54, 1.807) is 0 Å². The maximum Gasteiger partial charge on any atom is 0.254 e. The van der Waals surface area contributed by atoms with Gasteiger partial charge in [-0.1, -0.05) is 6.58 Å². The van der Waals surface area contributed by atoms with E-state index < -0.39 is 0 Å². The second-order valence-corrected chi connectivity index (χ2v) is 2.21. The van der Waals surface area contributed by atoms with Crippen LogP contribution in [0.3, 0.4) is 0 Å². The van der Waals surface area contributed by atoms with Crippen molar-refractivity contribution in [2.75, 3.05) is 6.61 Å². The van der Waals surface area contributed by atoms with Crippen molar-refractivity contribution >= 4 is 30.0 Å². The number of nitrogens with two attached hydrogens (primary N) is 1.